The fraction of sp³-hybridized carbons (Fsp3) is 0.500. The van der Waals surface area contributed by atoms with E-state index in [4.69, 9.17) is 19.9 Å². The van der Waals surface area contributed by atoms with Gasteiger partial charge in [-0.05, 0) is 25.1 Å². The predicted octanol–water partition coefficient (Wildman–Crippen LogP) is 1.44. The van der Waals surface area contributed by atoms with Gasteiger partial charge in [-0.25, -0.2) is 0 Å². The fourth-order valence-corrected chi connectivity index (χ4v) is 1.24. The molecule has 0 atom stereocenters. The maximum absolute atomic E-state index is 5.53. The molecule has 0 aromatic heterocycles. The zero-order valence-corrected chi connectivity index (χ0v) is 9.65. The molecule has 90 valence electrons. The maximum atomic E-state index is 5.53. The van der Waals surface area contributed by atoms with Gasteiger partial charge in [0.1, 0.15) is 6.61 Å². The van der Waals surface area contributed by atoms with E-state index in [0.717, 1.165) is 17.9 Å². The summed E-state index contributed by atoms with van der Waals surface area (Å²) in [6.07, 6.45) is 0.884. The zero-order valence-electron chi connectivity index (χ0n) is 9.65. The van der Waals surface area contributed by atoms with Crippen molar-refractivity contribution < 1.29 is 14.2 Å². The molecule has 0 amide bonds. The van der Waals surface area contributed by atoms with Gasteiger partial charge in [0.15, 0.2) is 11.5 Å². The molecule has 0 saturated heterocycles. The standard InChI is InChI=1S/C12H19NO3/c1-14-11-5-2-3-6-12(11)16-10-9-15-8-4-7-13/h2-3,5-6H,4,7-10,13H2,1H3. The van der Waals surface area contributed by atoms with Crippen molar-refractivity contribution in [2.45, 2.75) is 6.42 Å². The summed E-state index contributed by atoms with van der Waals surface area (Å²) in [4.78, 5) is 0. The zero-order chi connectivity index (χ0) is 11.6. The minimum Gasteiger partial charge on any atom is -0.493 e. The normalized spacial score (nSPS) is 10.1. The third-order valence-corrected chi connectivity index (χ3v) is 2.05. The molecule has 0 aliphatic carbocycles. The number of methoxy groups -OCH3 is 1. The van der Waals surface area contributed by atoms with Crippen molar-refractivity contribution in [3.8, 4) is 11.5 Å². The van der Waals surface area contributed by atoms with E-state index in [1.807, 2.05) is 24.3 Å². The van der Waals surface area contributed by atoms with Crippen LogP contribution in [-0.4, -0.2) is 33.5 Å². The summed E-state index contributed by atoms with van der Waals surface area (Å²) in [5, 5.41) is 0. The Morgan fingerprint density at radius 3 is 2.50 bits per heavy atom. The molecule has 1 rings (SSSR count). The Hall–Kier alpha value is -1.26. The van der Waals surface area contributed by atoms with Crippen LogP contribution < -0.4 is 15.2 Å². The highest BCUT2D eigenvalue weighted by Gasteiger charge is 2.01. The largest absolute Gasteiger partial charge is 0.493 e. The summed E-state index contributed by atoms with van der Waals surface area (Å²) in [5.74, 6) is 1.48. The number of para-hydroxylation sites is 2. The number of rotatable bonds is 8. The molecule has 0 heterocycles. The van der Waals surface area contributed by atoms with Crippen LogP contribution in [0.5, 0.6) is 11.5 Å². The number of hydrogen-bond donors (Lipinski definition) is 1. The molecule has 1 aromatic rings. The van der Waals surface area contributed by atoms with Gasteiger partial charge in [0.05, 0.1) is 13.7 Å². The molecule has 0 aliphatic rings. The highest BCUT2D eigenvalue weighted by Crippen LogP contribution is 2.25. The number of nitrogens with two attached hydrogens (primary N) is 1. The minimum absolute atomic E-state index is 0.519. The van der Waals surface area contributed by atoms with Gasteiger partial charge in [-0.15, -0.1) is 0 Å². The Morgan fingerprint density at radius 2 is 1.81 bits per heavy atom. The van der Waals surface area contributed by atoms with Crippen LogP contribution in [0.2, 0.25) is 0 Å². The molecular weight excluding hydrogens is 206 g/mol. The Morgan fingerprint density at radius 1 is 1.06 bits per heavy atom. The summed E-state index contributed by atoms with van der Waals surface area (Å²) >= 11 is 0. The van der Waals surface area contributed by atoms with Crippen molar-refractivity contribution in [2.24, 2.45) is 5.73 Å². The predicted molar refractivity (Wildman–Crippen MR) is 63.0 cm³/mol. The van der Waals surface area contributed by atoms with Gasteiger partial charge in [-0.1, -0.05) is 12.1 Å². The molecule has 0 bridgehead atoms. The van der Waals surface area contributed by atoms with E-state index in [0.29, 0.717) is 26.4 Å². The molecule has 0 unspecified atom stereocenters. The number of benzene rings is 1. The lowest BCUT2D eigenvalue weighted by atomic mass is 10.3. The van der Waals surface area contributed by atoms with Crippen molar-refractivity contribution in [3.05, 3.63) is 24.3 Å². The van der Waals surface area contributed by atoms with Gasteiger partial charge in [-0.2, -0.15) is 0 Å². The van der Waals surface area contributed by atoms with Crippen molar-refractivity contribution in [1.29, 1.82) is 0 Å². The van der Waals surface area contributed by atoms with Crippen LogP contribution in [0.4, 0.5) is 0 Å². The van der Waals surface area contributed by atoms with Crippen LogP contribution in [-0.2, 0) is 4.74 Å². The molecule has 0 aliphatic heterocycles. The van der Waals surface area contributed by atoms with Crippen LogP contribution in [0.1, 0.15) is 6.42 Å². The second-order valence-corrected chi connectivity index (χ2v) is 3.25. The Bertz CT molecular complexity index is 291. The molecule has 0 saturated carbocycles. The van der Waals surface area contributed by atoms with Gasteiger partial charge < -0.3 is 19.9 Å². The van der Waals surface area contributed by atoms with Crippen LogP contribution in [0, 0.1) is 0 Å². The average Bonchev–Trinajstić information content (AvgIpc) is 2.34. The third-order valence-electron chi connectivity index (χ3n) is 2.05. The quantitative estimate of drug-likeness (QED) is 0.680. The van der Waals surface area contributed by atoms with Crippen molar-refractivity contribution in [2.75, 3.05) is 33.5 Å². The Labute approximate surface area is 96.3 Å². The van der Waals surface area contributed by atoms with Gasteiger partial charge in [0.2, 0.25) is 0 Å². The van der Waals surface area contributed by atoms with Crippen molar-refractivity contribution >= 4 is 0 Å². The van der Waals surface area contributed by atoms with Crippen LogP contribution in [0.25, 0.3) is 0 Å². The second kappa shape index (κ2) is 7.96. The molecule has 16 heavy (non-hydrogen) atoms. The highest BCUT2D eigenvalue weighted by atomic mass is 16.5. The summed E-state index contributed by atoms with van der Waals surface area (Å²) < 4.78 is 16.0. The smallest absolute Gasteiger partial charge is 0.161 e. The average molecular weight is 225 g/mol. The Kier molecular flexibility index (Phi) is 6.37. The van der Waals surface area contributed by atoms with Crippen LogP contribution in [0.15, 0.2) is 24.3 Å². The summed E-state index contributed by atoms with van der Waals surface area (Å²) in [5.41, 5.74) is 5.34. The lowest BCUT2D eigenvalue weighted by molar-refractivity contribution is 0.0984. The molecule has 0 fully saturated rings. The van der Waals surface area contributed by atoms with E-state index in [1.54, 1.807) is 7.11 Å². The molecule has 1 aromatic carbocycles. The summed E-state index contributed by atoms with van der Waals surface area (Å²) in [6.45, 7) is 2.43. The van der Waals surface area contributed by atoms with Gasteiger partial charge in [-0.3, -0.25) is 0 Å². The molecule has 0 spiro atoms. The molecular formula is C12H19NO3. The molecule has 4 heteroatoms. The highest BCUT2D eigenvalue weighted by molar-refractivity contribution is 5.39. The molecule has 2 N–H and O–H groups in total. The van der Waals surface area contributed by atoms with E-state index in [9.17, 15) is 0 Å². The first kappa shape index (κ1) is 12.8. The topological polar surface area (TPSA) is 53.7 Å². The number of hydrogen-bond acceptors (Lipinski definition) is 4. The van der Waals surface area contributed by atoms with Crippen molar-refractivity contribution in [1.82, 2.24) is 0 Å². The maximum Gasteiger partial charge on any atom is 0.161 e. The Balaban J connectivity index is 2.21. The first-order valence-electron chi connectivity index (χ1n) is 5.42. The van der Waals surface area contributed by atoms with Crippen LogP contribution in [0.3, 0.4) is 0 Å². The first-order chi connectivity index (χ1) is 7.88. The van der Waals surface area contributed by atoms with E-state index < -0.39 is 0 Å². The lowest BCUT2D eigenvalue weighted by Crippen LogP contribution is -2.10. The minimum atomic E-state index is 0.519. The van der Waals surface area contributed by atoms with E-state index in [2.05, 4.69) is 0 Å². The van der Waals surface area contributed by atoms with Gasteiger partial charge in [0.25, 0.3) is 0 Å². The molecule has 0 radical (unpaired) electrons. The lowest BCUT2D eigenvalue weighted by Gasteiger charge is -2.10. The number of ether oxygens (including phenoxy) is 3. The van der Waals surface area contributed by atoms with Crippen molar-refractivity contribution in [3.63, 3.8) is 0 Å². The molecule has 4 nitrogen and oxygen atoms in total. The third kappa shape index (κ3) is 4.51. The van der Waals surface area contributed by atoms with E-state index >= 15 is 0 Å². The van der Waals surface area contributed by atoms with Crippen LogP contribution >= 0.6 is 0 Å². The summed E-state index contributed by atoms with van der Waals surface area (Å²) in [6, 6.07) is 7.56. The first-order valence-corrected chi connectivity index (χ1v) is 5.42. The van der Waals surface area contributed by atoms with Gasteiger partial charge in [0, 0.05) is 6.61 Å². The SMILES string of the molecule is COc1ccccc1OCCOCCCN. The second-order valence-electron chi connectivity index (χ2n) is 3.25. The van der Waals surface area contributed by atoms with E-state index in [-0.39, 0.29) is 0 Å². The fourth-order valence-electron chi connectivity index (χ4n) is 1.24. The monoisotopic (exact) mass is 225 g/mol. The van der Waals surface area contributed by atoms with Gasteiger partial charge >= 0.3 is 0 Å². The van der Waals surface area contributed by atoms with E-state index in [1.165, 1.54) is 0 Å². The summed E-state index contributed by atoms with van der Waals surface area (Å²) in [7, 11) is 1.62.